The second kappa shape index (κ2) is 10.8. The molecule has 0 spiro atoms. The molecule has 0 saturated carbocycles. The number of rotatable bonds is 6. The molecule has 3 aromatic carbocycles. The second-order valence-electron chi connectivity index (χ2n) is 8.80. The van der Waals surface area contributed by atoms with Crippen molar-refractivity contribution in [2.75, 3.05) is 46.1 Å². The van der Waals surface area contributed by atoms with Crippen LogP contribution in [0.25, 0.3) is 0 Å². The predicted octanol–water partition coefficient (Wildman–Crippen LogP) is 4.37. The van der Waals surface area contributed by atoms with Gasteiger partial charge in [0.25, 0.3) is 10.0 Å². The number of morpholine rings is 1. The molecule has 3 aromatic rings. The third-order valence-electron chi connectivity index (χ3n) is 6.34. The van der Waals surface area contributed by atoms with Crippen LogP contribution in [0.2, 0.25) is 10.0 Å². The van der Waals surface area contributed by atoms with E-state index < -0.39 is 34.3 Å². The molecule has 1 atom stereocenters. The van der Waals surface area contributed by atoms with Crippen LogP contribution >= 0.6 is 23.2 Å². The number of carbonyl (C=O) groups is 2. The van der Waals surface area contributed by atoms with Gasteiger partial charge < -0.3 is 20.3 Å². The summed E-state index contributed by atoms with van der Waals surface area (Å²) in [5.41, 5.74) is 2.10. The number of nitrogens with zero attached hydrogens (tertiary/aromatic N) is 2. The van der Waals surface area contributed by atoms with Gasteiger partial charge in [0.05, 0.1) is 46.0 Å². The number of halogens is 2. The average molecular weight is 575 g/mol. The van der Waals surface area contributed by atoms with Crippen LogP contribution in [0.1, 0.15) is 6.42 Å². The number of nitrogens with one attached hydrogen (secondary N) is 2. The number of benzene rings is 3. The highest BCUT2D eigenvalue weighted by molar-refractivity contribution is 7.93. The first kappa shape index (κ1) is 26.3. The van der Waals surface area contributed by atoms with Crippen LogP contribution in [0, 0.1) is 0 Å². The molecule has 5 rings (SSSR count). The highest BCUT2D eigenvalue weighted by Crippen LogP contribution is 2.38. The van der Waals surface area contributed by atoms with Crippen molar-refractivity contribution >= 4 is 67.8 Å². The Labute approximate surface area is 230 Å². The fraction of sp³-hybridized carbons (Fsp3) is 0.231. The summed E-state index contributed by atoms with van der Waals surface area (Å²) < 4.78 is 33.9. The van der Waals surface area contributed by atoms with Crippen LogP contribution in [0.15, 0.2) is 71.6 Å². The quantitative estimate of drug-likeness (QED) is 0.452. The van der Waals surface area contributed by atoms with Gasteiger partial charge in [-0.15, -0.1) is 0 Å². The number of anilines is 4. The van der Waals surface area contributed by atoms with Crippen LogP contribution in [-0.2, 0) is 24.3 Å². The molecular weight excluding hydrogens is 551 g/mol. The summed E-state index contributed by atoms with van der Waals surface area (Å²) >= 11 is 12.1. The molecule has 0 unspecified atom stereocenters. The molecule has 9 nitrogen and oxygen atoms in total. The van der Waals surface area contributed by atoms with Crippen molar-refractivity contribution in [3.63, 3.8) is 0 Å². The molecule has 12 heteroatoms. The molecule has 2 aliphatic rings. The van der Waals surface area contributed by atoms with E-state index in [1.54, 1.807) is 36.4 Å². The molecule has 38 heavy (non-hydrogen) atoms. The van der Waals surface area contributed by atoms with Gasteiger partial charge in [-0.25, -0.2) is 8.42 Å². The van der Waals surface area contributed by atoms with E-state index in [4.69, 9.17) is 27.9 Å². The molecule has 0 bridgehead atoms. The Hall–Kier alpha value is -3.31. The Morgan fingerprint density at radius 2 is 1.71 bits per heavy atom. The summed E-state index contributed by atoms with van der Waals surface area (Å²) in [5.74, 6) is -1.14. The Balaban J connectivity index is 1.40. The minimum Gasteiger partial charge on any atom is -0.378 e. The monoisotopic (exact) mass is 574 g/mol. The van der Waals surface area contributed by atoms with Crippen LogP contribution in [-0.4, -0.2) is 52.6 Å². The largest absolute Gasteiger partial charge is 0.378 e. The Morgan fingerprint density at radius 1 is 1.00 bits per heavy atom. The number of carbonyl (C=O) groups excluding carboxylic acids is 2. The van der Waals surface area contributed by atoms with E-state index in [1.807, 2.05) is 12.1 Å². The lowest BCUT2D eigenvalue weighted by Crippen LogP contribution is -2.52. The van der Waals surface area contributed by atoms with E-state index in [1.165, 1.54) is 18.2 Å². The van der Waals surface area contributed by atoms with Crippen LogP contribution in [0.4, 0.5) is 22.7 Å². The lowest BCUT2D eigenvalue weighted by atomic mass is 10.1. The van der Waals surface area contributed by atoms with Crippen LogP contribution < -0.4 is 19.8 Å². The van der Waals surface area contributed by atoms with E-state index in [9.17, 15) is 18.0 Å². The molecule has 198 valence electrons. The van der Waals surface area contributed by atoms with E-state index in [0.29, 0.717) is 24.6 Å². The van der Waals surface area contributed by atoms with Crippen molar-refractivity contribution in [2.24, 2.45) is 0 Å². The maximum absolute atomic E-state index is 13.8. The zero-order chi connectivity index (χ0) is 26.9. The molecule has 2 aliphatic heterocycles. The topological polar surface area (TPSA) is 108 Å². The SMILES string of the molecule is O=C(C[C@@H]1C(=O)Nc2ccccc2N1S(=O)(=O)c1ccc(Cl)c(Cl)c1)Nc1ccc(N2CCOCC2)cc1. The number of para-hydroxylation sites is 2. The Bertz CT molecular complexity index is 1480. The maximum Gasteiger partial charge on any atom is 0.265 e. The van der Waals surface area contributed by atoms with E-state index in [2.05, 4.69) is 15.5 Å². The highest BCUT2D eigenvalue weighted by Gasteiger charge is 2.42. The summed E-state index contributed by atoms with van der Waals surface area (Å²) in [4.78, 5) is 28.2. The van der Waals surface area contributed by atoms with Crippen molar-refractivity contribution in [2.45, 2.75) is 17.4 Å². The van der Waals surface area contributed by atoms with Gasteiger partial charge in [-0.2, -0.15) is 0 Å². The van der Waals surface area contributed by atoms with Gasteiger partial charge in [0, 0.05) is 24.5 Å². The maximum atomic E-state index is 13.8. The molecular formula is C26H24Cl2N4O5S. The highest BCUT2D eigenvalue weighted by atomic mass is 35.5. The third-order valence-corrected chi connectivity index (χ3v) is 8.90. The molecule has 2 heterocycles. The first-order valence-corrected chi connectivity index (χ1v) is 14.1. The minimum atomic E-state index is -4.30. The van der Waals surface area contributed by atoms with Gasteiger partial charge in [-0.05, 0) is 54.6 Å². The fourth-order valence-electron chi connectivity index (χ4n) is 4.45. The molecule has 2 amide bonds. The molecule has 1 saturated heterocycles. The van der Waals surface area contributed by atoms with Crippen molar-refractivity contribution in [1.29, 1.82) is 0 Å². The number of fused-ring (bicyclic) bond motifs is 1. The summed E-state index contributed by atoms with van der Waals surface area (Å²) in [5, 5.41) is 5.72. The smallest absolute Gasteiger partial charge is 0.265 e. The van der Waals surface area contributed by atoms with Crippen molar-refractivity contribution in [1.82, 2.24) is 0 Å². The van der Waals surface area contributed by atoms with Gasteiger partial charge in [0.2, 0.25) is 11.8 Å². The first-order valence-electron chi connectivity index (χ1n) is 11.9. The average Bonchev–Trinajstić information content (AvgIpc) is 2.91. The van der Waals surface area contributed by atoms with E-state index >= 15 is 0 Å². The van der Waals surface area contributed by atoms with Crippen molar-refractivity contribution in [3.8, 4) is 0 Å². The minimum absolute atomic E-state index is 0.0531. The number of amides is 2. The lowest BCUT2D eigenvalue weighted by molar-refractivity contribution is -0.122. The van der Waals surface area contributed by atoms with E-state index in [0.717, 1.165) is 23.1 Å². The third kappa shape index (κ3) is 5.30. The van der Waals surface area contributed by atoms with Gasteiger partial charge >= 0.3 is 0 Å². The van der Waals surface area contributed by atoms with Crippen LogP contribution in [0.3, 0.4) is 0 Å². The van der Waals surface area contributed by atoms with Crippen molar-refractivity contribution in [3.05, 3.63) is 76.8 Å². The Kier molecular flexibility index (Phi) is 7.49. The molecule has 2 N–H and O–H groups in total. The second-order valence-corrected chi connectivity index (χ2v) is 11.4. The Morgan fingerprint density at radius 3 is 2.42 bits per heavy atom. The van der Waals surface area contributed by atoms with Gasteiger partial charge in [0.15, 0.2) is 0 Å². The number of sulfonamides is 1. The van der Waals surface area contributed by atoms with Crippen molar-refractivity contribution < 1.29 is 22.7 Å². The number of hydrogen-bond donors (Lipinski definition) is 2. The zero-order valence-electron chi connectivity index (χ0n) is 20.1. The lowest BCUT2D eigenvalue weighted by Gasteiger charge is -2.36. The summed E-state index contributed by atoms with van der Waals surface area (Å²) in [6, 6.07) is 16.4. The van der Waals surface area contributed by atoms with Gasteiger partial charge in [-0.3, -0.25) is 13.9 Å². The molecule has 0 aliphatic carbocycles. The van der Waals surface area contributed by atoms with Gasteiger partial charge in [-0.1, -0.05) is 35.3 Å². The molecule has 0 aromatic heterocycles. The zero-order valence-corrected chi connectivity index (χ0v) is 22.4. The summed E-state index contributed by atoms with van der Waals surface area (Å²) in [7, 11) is -4.30. The fourth-order valence-corrected chi connectivity index (χ4v) is 6.47. The first-order chi connectivity index (χ1) is 18.2. The normalized spacial score (nSPS) is 17.5. The molecule has 0 radical (unpaired) electrons. The summed E-state index contributed by atoms with van der Waals surface area (Å²) in [6.07, 6.45) is -0.411. The van der Waals surface area contributed by atoms with Gasteiger partial charge in [0.1, 0.15) is 6.04 Å². The number of hydrogen-bond acceptors (Lipinski definition) is 6. The standard InChI is InChI=1S/C26H24Cl2N4O5S/c27-20-10-9-19(15-21(20)28)38(35,36)32-23-4-2-1-3-22(23)30-26(34)24(32)16-25(33)29-17-5-7-18(8-6-17)31-11-13-37-14-12-31/h1-10,15,24H,11-14,16H2,(H,29,33)(H,30,34)/t24-/m1/s1. The van der Waals surface area contributed by atoms with Crippen LogP contribution in [0.5, 0.6) is 0 Å². The molecule has 1 fully saturated rings. The van der Waals surface area contributed by atoms with E-state index in [-0.39, 0.29) is 20.6 Å². The predicted molar refractivity (Wildman–Crippen MR) is 148 cm³/mol. The summed E-state index contributed by atoms with van der Waals surface area (Å²) in [6.45, 7) is 2.89. The number of ether oxygens (including phenoxy) is 1.